The predicted molar refractivity (Wildman–Crippen MR) is 83.1 cm³/mol. The van der Waals surface area contributed by atoms with Crippen LogP contribution >= 0.6 is 0 Å². The maximum atomic E-state index is 11.7. The van der Waals surface area contributed by atoms with Crippen LogP contribution in [0.25, 0.3) is 0 Å². The number of hydrogen-bond donors (Lipinski definition) is 1. The third-order valence-corrected chi connectivity index (χ3v) is 6.74. The van der Waals surface area contributed by atoms with Gasteiger partial charge in [-0.25, -0.2) is 8.42 Å². The monoisotopic (exact) mass is 311 g/mol. The molecule has 1 aliphatic heterocycles. The van der Waals surface area contributed by atoms with Crippen LogP contribution in [0.3, 0.4) is 0 Å². The molecule has 118 valence electrons. The van der Waals surface area contributed by atoms with Gasteiger partial charge < -0.3 is 5.32 Å². The van der Waals surface area contributed by atoms with Gasteiger partial charge in [0.25, 0.3) is 0 Å². The van der Waals surface area contributed by atoms with Crippen LogP contribution in [-0.2, 0) is 16.4 Å². The van der Waals surface area contributed by atoms with Crippen molar-refractivity contribution in [1.29, 1.82) is 0 Å². The Hall–Kier alpha value is -0.880. The number of aromatic nitrogens is 2. The summed E-state index contributed by atoms with van der Waals surface area (Å²) in [6.45, 7) is 8.26. The SMILES string of the molecule is Cc1nn(C2CCS(=O)(=O)C2)c(C)c1CNCC1(C)CC1. The smallest absolute Gasteiger partial charge is 0.152 e. The molecule has 2 fully saturated rings. The number of nitrogens with one attached hydrogen (secondary N) is 1. The lowest BCUT2D eigenvalue weighted by Crippen LogP contribution is -2.22. The largest absolute Gasteiger partial charge is 0.312 e. The lowest BCUT2D eigenvalue weighted by Gasteiger charge is -2.13. The van der Waals surface area contributed by atoms with Crippen molar-refractivity contribution in [3.8, 4) is 0 Å². The minimum Gasteiger partial charge on any atom is -0.312 e. The Morgan fingerprint density at radius 1 is 1.38 bits per heavy atom. The molecule has 3 rings (SSSR count). The van der Waals surface area contributed by atoms with Crippen molar-refractivity contribution in [2.45, 2.75) is 52.6 Å². The van der Waals surface area contributed by atoms with E-state index in [1.165, 1.54) is 18.4 Å². The Balaban J connectivity index is 1.70. The second-order valence-corrected chi connectivity index (χ2v) is 9.29. The summed E-state index contributed by atoms with van der Waals surface area (Å²) in [7, 11) is -2.87. The molecule has 0 radical (unpaired) electrons. The number of sulfone groups is 1. The molecule has 0 aromatic carbocycles. The molecule has 1 atom stereocenters. The fourth-order valence-corrected chi connectivity index (χ4v) is 4.85. The Labute approximate surface area is 127 Å². The molecule has 5 nitrogen and oxygen atoms in total. The molecular formula is C15H25N3O2S. The van der Waals surface area contributed by atoms with E-state index in [0.29, 0.717) is 17.6 Å². The van der Waals surface area contributed by atoms with Crippen LogP contribution in [-0.4, -0.2) is 36.2 Å². The highest BCUT2D eigenvalue weighted by molar-refractivity contribution is 7.91. The number of nitrogens with zero attached hydrogens (tertiary/aromatic N) is 2. The lowest BCUT2D eigenvalue weighted by atomic mass is 10.1. The Kier molecular flexibility index (Phi) is 3.64. The zero-order valence-corrected chi connectivity index (χ0v) is 14.0. The van der Waals surface area contributed by atoms with E-state index in [-0.39, 0.29) is 11.8 Å². The molecule has 1 aromatic rings. The molecule has 6 heteroatoms. The molecule has 1 N–H and O–H groups in total. The molecule has 21 heavy (non-hydrogen) atoms. The van der Waals surface area contributed by atoms with E-state index in [1.807, 2.05) is 11.6 Å². The molecule has 1 unspecified atom stereocenters. The minimum absolute atomic E-state index is 0.0170. The van der Waals surface area contributed by atoms with Gasteiger partial charge in [-0.2, -0.15) is 5.10 Å². The topological polar surface area (TPSA) is 64.0 Å². The van der Waals surface area contributed by atoms with Gasteiger partial charge in [-0.1, -0.05) is 6.92 Å². The van der Waals surface area contributed by atoms with Crippen molar-refractivity contribution in [2.75, 3.05) is 18.1 Å². The zero-order valence-electron chi connectivity index (χ0n) is 13.1. The van der Waals surface area contributed by atoms with Crippen molar-refractivity contribution < 1.29 is 8.42 Å². The van der Waals surface area contributed by atoms with Crippen LogP contribution in [0.5, 0.6) is 0 Å². The van der Waals surface area contributed by atoms with Crippen molar-refractivity contribution in [3.05, 3.63) is 17.0 Å². The van der Waals surface area contributed by atoms with E-state index in [4.69, 9.17) is 0 Å². The van der Waals surface area contributed by atoms with Crippen LogP contribution < -0.4 is 5.32 Å². The second-order valence-electron chi connectivity index (χ2n) is 7.07. The molecule has 2 aliphatic rings. The molecule has 1 saturated carbocycles. The molecule has 0 bridgehead atoms. The second kappa shape index (κ2) is 5.09. The first-order valence-corrected chi connectivity index (χ1v) is 9.58. The van der Waals surface area contributed by atoms with E-state index < -0.39 is 9.84 Å². The van der Waals surface area contributed by atoms with Crippen molar-refractivity contribution in [3.63, 3.8) is 0 Å². The summed E-state index contributed by atoms with van der Waals surface area (Å²) in [6, 6.07) is 0.0170. The van der Waals surface area contributed by atoms with E-state index in [0.717, 1.165) is 24.5 Å². The van der Waals surface area contributed by atoms with Gasteiger partial charge in [0, 0.05) is 24.3 Å². The molecule has 0 spiro atoms. The fourth-order valence-electron chi connectivity index (χ4n) is 3.16. The molecule has 1 aromatic heterocycles. The van der Waals surface area contributed by atoms with Gasteiger partial charge in [-0.15, -0.1) is 0 Å². The summed E-state index contributed by atoms with van der Waals surface area (Å²) >= 11 is 0. The van der Waals surface area contributed by atoms with Crippen LogP contribution in [0.1, 0.15) is 49.2 Å². The Morgan fingerprint density at radius 3 is 2.67 bits per heavy atom. The van der Waals surface area contributed by atoms with Gasteiger partial charge in [0.2, 0.25) is 0 Å². The highest BCUT2D eigenvalue weighted by atomic mass is 32.2. The number of aryl methyl sites for hydroxylation is 1. The summed E-state index contributed by atoms with van der Waals surface area (Å²) in [4.78, 5) is 0. The predicted octanol–water partition coefficient (Wildman–Crippen LogP) is 1.75. The third-order valence-electron chi connectivity index (χ3n) is 4.99. The summed E-state index contributed by atoms with van der Waals surface area (Å²) in [5, 5.41) is 8.14. The fraction of sp³-hybridized carbons (Fsp3) is 0.800. The summed E-state index contributed by atoms with van der Waals surface area (Å²) in [6.07, 6.45) is 3.32. The van der Waals surface area contributed by atoms with Crippen molar-refractivity contribution in [2.24, 2.45) is 5.41 Å². The molecular weight excluding hydrogens is 286 g/mol. The Morgan fingerprint density at radius 2 is 2.10 bits per heavy atom. The van der Waals surface area contributed by atoms with E-state index in [1.54, 1.807) is 0 Å². The maximum absolute atomic E-state index is 11.7. The molecule has 1 aliphatic carbocycles. The minimum atomic E-state index is -2.87. The third kappa shape index (κ3) is 3.16. The van der Waals surface area contributed by atoms with Crippen LogP contribution in [0.15, 0.2) is 0 Å². The first-order chi connectivity index (χ1) is 9.80. The molecule has 1 saturated heterocycles. The van der Waals surface area contributed by atoms with E-state index in [2.05, 4.69) is 24.3 Å². The standard InChI is InChI=1S/C15H25N3O2S/c1-11-14(8-16-10-15(3)5-6-15)12(2)18(17-11)13-4-7-21(19,20)9-13/h13,16H,4-10H2,1-3H3. The molecule has 2 heterocycles. The van der Waals surface area contributed by atoms with Crippen LogP contribution in [0.4, 0.5) is 0 Å². The van der Waals surface area contributed by atoms with E-state index >= 15 is 0 Å². The van der Waals surface area contributed by atoms with Gasteiger partial charge in [-0.3, -0.25) is 4.68 Å². The van der Waals surface area contributed by atoms with Gasteiger partial charge >= 0.3 is 0 Å². The average Bonchev–Trinajstić information content (AvgIpc) is 2.92. The summed E-state index contributed by atoms with van der Waals surface area (Å²) in [5.74, 6) is 0.530. The van der Waals surface area contributed by atoms with Gasteiger partial charge in [0.15, 0.2) is 9.84 Å². The highest BCUT2D eigenvalue weighted by Gasteiger charge is 2.36. The van der Waals surface area contributed by atoms with Gasteiger partial charge in [0.05, 0.1) is 23.2 Å². The van der Waals surface area contributed by atoms with E-state index in [9.17, 15) is 8.42 Å². The normalized spacial score (nSPS) is 26.1. The quantitative estimate of drug-likeness (QED) is 0.900. The van der Waals surface area contributed by atoms with Crippen molar-refractivity contribution >= 4 is 9.84 Å². The maximum Gasteiger partial charge on any atom is 0.152 e. The number of hydrogen-bond acceptors (Lipinski definition) is 4. The number of rotatable bonds is 5. The zero-order chi connectivity index (χ0) is 15.3. The average molecular weight is 311 g/mol. The van der Waals surface area contributed by atoms with Crippen LogP contribution in [0, 0.1) is 19.3 Å². The van der Waals surface area contributed by atoms with Gasteiger partial charge in [-0.05, 0) is 38.5 Å². The first-order valence-electron chi connectivity index (χ1n) is 7.75. The molecule has 0 amide bonds. The summed E-state index contributed by atoms with van der Waals surface area (Å²) in [5.41, 5.74) is 3.86. The highest BCUT2D eigenvalue weighted by Crippen LogP contribution is 2.44. The lowest BCUT2D eigenvalue weighted by molar-refractivity contribution is 0.482. The Bertz CT molecular complexity index is 644. The summed E-state index contributed by atoms with van der Waals surface area (Å²) < 4.78 is 25.2. The van der Waals surface area contributed by atoms with Crippen molar-refractivity contribution in [1.82, 2.24) is 15.1 Å². The first kappa shape index (κ1) is 15.0. The van der Waals surface area contributed by atoms with Gasteiger partial charge in [0.1, 0.15) is 0 Å². The van der Waals surface area contributed by atoms with Crippen LogP contribution in [0.2, 0.25) is 0 Å².